The summed E-state index contributed by atoms with van der Waals surface area (Å²) >= 11 is 9.29. The first-order chi connectivity index (χ1) is 6.00. The Hall–Kier alpha value is 0.220. The van der Waals surface area contributed by atoms with Gasteiger partial charge in [-0.15, -0.1) is 0 Å². The molecule has 1 aromatic carbocycles. The Bertz CT molecular complexity index is 322. The fourth-order valence-corrected chi connectivity index (χ4v) is 2.54. The van der Waals surface area contributed by atoms with Gasteiger partial charge in [0.1, 0.15) is 0 Å². The number of aromatic hydroxyl groups is 2. The van der Waals surface area contributed by atoms with E-state index < -0.39 is 0 Å². The maximum atomic E-state index is 9.36. The summed E-state index contributed by atoms with van der Waals surface area (Å²) in [6.45, 7) is -0.242. The van der Waals surface area contributed by atoms with Crippen LogP contribution in [0.15, 0.2) is 13.4 Å². The average molecular weight is 377 g/mol. The molecule has 6 heteroatoms. The molecule has 1 rings (SSSR count). The van der Waals surface area contributed by atoms with Crippen LogP contribution in [0.3, 0.4) is 0 Å². The van der Waals surface area contributed by atoms with Crippen LogP contribution >= 0.6 is 47.8 Å². The van der Waals surface area contributed by atoms with E-state index in [1.54, 1.807) is 0 Å². The summed E-state index contributed by atoms with van der Waals surface area (Å²) in [5.74, 6) is -0.560. The second-order valence-corrected chi connectivity index (χ2v) is 4.65. The van der Waals surface area contributed by atoms with E-state index in [1.165, 1.54) is 0 Å². The molecule has 13 heavy (non-hydrogen) atoms. The van der Waals surface area contributed by atoms with Crippen molar-refractivity contribution in [2.45, 2.75) is 6.61 Å². The van der Waals surface area contributed by atoms with Crippen LogP contribution < -0.4 is 0 Å². The first-order valence-corrected chi connectivity index (χ1v) is 5.56. The van der Waals surface area contributed by atoms with Gasteiger partial charge in [0, 0.05) is 10.0 Å². The van der Waals surface area contributed by atoms with Gasteiger partial charge in [0.25, 0.3) is 0 Å². The molecule has 0 aliphatic rings. The van der Waals surface area contributed by atoms with E-state index in [0.717, 1.165) is 0 Å². The van der Waals surface area contributed by atoms with Gasteiger partial charge in [0.15, 0.2) is 11.5 Å². The number of aliphatic hydroxyl groups is 1. The van der Waals surface area contributed by atoms with Gasteiger partial charge in [0.2, 0.25) is 0 Å². The van der Waals surface area contributed by atoms with Crippen LogP contribution in [0.1, 0.15) is 5.56 Å². The van der Waals surface area contributed by atoms with E-state index in [9.17, 15) is 10.2 Å². The highest BCUT2D eigenvalue weighted by molar-refractivity contribution is 9.13. The first kappa shape index (κ1) is 11.3. The van der Waals surface area contributed by atoms with Crippen molar-refractivity contribution in [3.05, 3.63) is 19.0 Å². The van der Waals surface area contributed by atoms with Crippen molar-refractivity contribution >= 4 is 47.8 Å². The molecule has 0 bridgehead atoms. The number of benzene rings is 1. The molecule has 0 saturated carbocycles. The van der Waals surface area contributed by atoms with Crippen LogP contribution in [-0.2, 0) is 6.61 Å². The fourth-order valence-electron chi connectivity index (χ4n) is 0.822. The van der Waals surface area contributed by atoms with Gasteiger partial charge >= 0.3 is 0 Å². The molecule has 0 amide bonds. The summed E-state index contributed by atoms with van der Waals surface area (Å²) in [7, 11) is 0. The van der Waals surface area contributed by atoms with Crippen LogP contribution in [0.2, 0.25) is 0 Å². The van der Waals surface area contributed by atoms with Crippen LogP contribution in [0.5, 0.6) is 11.5 Å². The Kier molecular flexibility index (Phi) is 3.62. The van der Waals surface area contributed by atoms with Crippen LogP contribution in [0.25, 0.3) is 0 Å². The smallest absolute Gasteiger partial charge is 0.174 e. The van der Waals surface area contributed by atoms with E-state index in [2.05, 4.69) is 47.8 Å². The van der Waals surface area contributed by atoms with Gasteiger partial charge in [-0.2, -0.15) is 0 Å². The quantitative estimate of drug-likeness (QED) is 0.521. The predicted octanol–water partition coefficient (Wildman–Crippen LogP) is 2.88. The number of rotatable bonds is 1. The molecule has 0 saturated heterocycles. The molecule has 1 aromatic rings. The lowest BCUT2D eigenvalue weighted by Gasteiger charge is -2.10. The van der Waals surface area contributed by atoms with Crippen molar-refractivity contribution in [1.29, 1.82) is 0 Å². The summed E-state index contributed by atoms with van der Waals surface area (Å²) in [6.07, 6.45) is 0. The van der Waals surface area contributed by atoms with Crippen molar-refractivity contribution in [2.75, 3.05) is 0 Å². The van der Waals surface area contributed by atoms with Crippen molar-refractivity contribution < 1.29 is 15.3 Å². The Labute approximate surface area is 99.8 Å². The van der Waals surface area contributed by atoms with Gasteiger partial charge in [-0.25, -0.2) is 0 Å². The summed E-state index contributed by atoms with van der Waals surface area (Å²) < 4.78 is 1.11. The third-order valence-corrected chi connectivity index (χ3v) is 4.55. The van der Waals surface area contributed by atoms with Gasteiger partial charge in [-0.05, 0) is 47.8 Å². The van der Waals surface area contributed by atoms with E-state index in [0.29, 0.717) is 14.5 Å². The van der Waals surface area contributed by atoms with Crippen LogP contribution in [0, 0.1) is 0 Å². The molecule has 0 heterocycles. The second-order valence-electron chi connectivity index (χ2n) is 2.28. The predicted molar refractivity (Wildman–Crippen MR) is 58.8 cm³/mol. The van der Waals surface area contributed by atoms with Crippen molar-refractivity contribution in [1.82, 2.24) is 0 Å². The zero-order valence-electron chi connectivity index (χ0n) is 6.18. The molecular weight excluding hydrogens is 372 g/mol. The number of phenolic OH excluding ortho intramolecular Hbond substituents is 2. The molecule has 0 aliphatic heterocycles. The number of hydrogen-bond acceptors (Lipinski definition) is 3. The largest absolute Gasteiger partial charge is 0.503 e. The number of aliphatic hydroxyl groups excluding tert-OH is 1. The zero-order valence-corrected chi connectivity index (χ0v) is 10.9. The highest BCUT2D eigenvalue weighted by Crippen LogP contribution is 2.46. The Balaban J connectivity index is 3.56. The lowest BCUT2D eigenvalue weighted by Crippen LogP contribution is -1.90. The Morgan fingerprint density at radius 2 is 1.31 bits per heavy atom. The molecule has 0 fully saturated rings. The lowest BCUT2D eigenvalue weighted by molar-refractivity contribution is 0.278. The number of phenols is 2. The molecular formula is C7H5Br3O3. The summed E-state index contributed by atoms with van der Waals surface area (Å²) in [5, 5.41) is 27.7. The molecule has 0 atom stereocenters. The second kappa shape index (κ2) is 4.16. The summed E-state index contributed by atoms with van der Waals surface area (Å²) in [4.78, 5) is 0. The molecule has 0 unspecified atom stereocenters. The van der Waals surface area contributed by atoms with E-state index in [4.69, 9.17) is 5.11 Å². The molecule has 0 aliphatic carbocycles. The van der Waals surface area contributed by atoms with Crippen LogP contribution in [-0.4, -0.2) is 15.3 Å². The van der Waals surface area contributed by atoms with Gasteiger partial charge < -0.3 is 15.3 Å². The molecule has 0 aromatic heterocycles. The normalized spacial score (nSPS) is 10.5. The average Bonchev–Trinajstić information content (AvgIpc) is 2.13. The highest BCUT2D eigenvalue weighted by atomic mass is 79.9. The lowest BCUT2D eigenvalue weighted by atomic mass is 10.2. The van der Waals surface area contributed by atoms with Crippen molar-refractivity contribution in [3.63, 3.8) is 0 Å². The first-order valence-electron chi connectivity index (χ1n) is 3.18. The van der Waals surface area contributed by atoms with E-state index in [1.807, 2.05) is 0 Å². The summed E-state index contributed by atoms with van der Waals surface area (Å²) in [5.41, 5.74) is 0.474. The fraction of sp³-hybridized carbons (Fsp3) is 0.143. The standard InChI is InChI=1S/C7H5Br3O3/c8-3-2(1-11)4(9)6(12)7(13)5(3)10/h11-13H,1H2. The maximum Gasteiger partial charge on any atom is 0.174 e. The molecule has 0 radical (unpaired) electrons. The van der Waals surface area contributed by atoms with Crippen molar-refractivity contribution in [2.24, 2.45) is 0 Å². The molecule has 0 spiro atoms. The van der Waals surface area contributed by atoms with Gasteiger partial charge in [-0.1, -0.05) is 0 Å². The minimum atomic E-state index is -0.292. The topological polar surface area (TPSA) is 60.7 Å². The zero-order chi connectivity index (χ0) is 10.2. The third kappa shape index (κ3) is 1.86. The monoisotopic (exact) mass is 374 g/mol. The molecule has 3 nitrogen and oxygen atoms in total. The number of halogens is 3. The summed E-state index contributed by atoms with van der Waals surface area (Å²) in [6, 6.07) is 0. The third-order valence-electron chi connectivity index (χ3n) is 1.52. The Morgan fingerprint density at radius 3 is 1.77 bits per heavy atom. The molecule has 3 N–H and O–H groups in total. The van der Waals surface area contributed by atoms with Crippen LogP contribution in [0.4, 0.5) is 0 Å². The Morgan fingerprint density at radius 1 is 0.846 bits per heavy atom. The van der Waals surface area contributed by atoms with Gasteiger partial charge in [-0.3, -0.25) is 0 Å². The minimum absolute atomic E-state index is 0.242. The van der Waals surface area contributed by atoms with Crippen molar-refractivity contribution in [3.8, 4) is 11.5 Å². The van der Waals surface area contributed by atoms with E-state index in [-0.39, 0.29) is 22.6 Å². The van der Waals surface area contributed by atoms with Gasteiger partial charge in [0.05, 0.1) is 15.6 Å². The van der Waals surface area contributed by atoms with E-state index >= 15 is 0 Å². The number of hydrogen-bond donors (Lipinski definition) is 3. The molecule has 72 valence electrons. The minimum Gasteiger partial charge on any atom is -0.503 e. The SMILES string of the molecule is OCc1c(Br)c(O)c(O)c(Br)c1Br. The maximum absolute atomic E-state index is 9.36. The highest BCUT2D eigenvalue weighted by Gasteiger charge is 2.18.